The van der Waals surface area contributed by atoms with Crippen molar-refractivity contribution in [2.45, 2.75) is 13.3 Å². The van der Waals surface area contributed by atoms with Gasteiger partial charge < -0.3 is 5.73 Å². The number of aromatic nitrogens is 3. The molecule has 1 aromatic carbocycles. The standard InChI is InChI=1S/C17H16N4O/c1-2-12-5-3-4-6-15(12)21-16(7-8-20-21)13-9-14(17(18)22)11-19-10-13/h3-11H,2H2,1H3,(H2,18,22). The number of nitrogens with zero attached hydrogens (tertiary/aromatic N) is 3. The monoisotopic (exact) mass is 292 g/mol. The highest BCUT2D eigenvalue weighted by Gasteiger charge is 2.12. The van der Waals surface area contributed by atoms with Crippen LogP contribution >= 0.6 is 0 Å². The van der Waals surface area contributed by atoms with Crippen LogP contribution in [-0.4, -0.2) is 20.7 Å². The number of nitrogens with two attached hydrogens (primary N) is 1. The van der Waals surface area contributed by atoms with Crippen LogP contribution in [0.1, 0.15) is 22.8 Å². The molecule has 2 N–H and O–H groups in total. The van der Waals surface area contributed by atoms with Crippen molar-refractivity contribution in [2.24, 2.45) is 5.73 Å². The number of carbonyl (C=O) groups excluding carboxylic acids is 1. The van der Waals surface area contributed by atoms with Crippen molar-refractivity contribution >= 4 is 5.91 Å². The first-order valence-electron chi connectivity index (χ1n) is 7.08. The molecule has 0 aliphatic carbocycles. The minimum atomic E-state index is -0.491. The van der Waals surface area contributed by atoms with Gasteiger partial charge >= 0.3 is 0 Å². The van der Waals surface area contributed by atoms with Crippen molar-refractivity contribution in [2.75, 3.05) is 0 Å². The van der Waals surface area contributed by atoms with E-state index in [1.54, 1.807) is 18.5 Å². The van der Waals surface area contributed by atoms with E-state index in [2.05, 4.69) is 23.1 Å². The lowest BCUT2D eigenvalue weighted by Crippen LogP contribution is -2.11. The summed E-state index contributed by atoms with van der Waals surface area (Å²) in [6.45, 7) is 2.11. The summed E-state index contributed by atoms with van der Waals surface area (Å²) in [5.74, 6) is -0.491. The summed E-state index contributed by atoms with van der Waals surface area (Å²) in [6, 6.07) is 11.7. The molecule has 22 heavy (non-hydrogen) atoms. The normalized spacial score (nSPS) is 10.6. The summed E-state index contributed by atoms with van der Waals surface area (Å²) >= 11 is 0. The van der Waals surface area contributed by atoms with Gasteiger partial charge in [0.2, 0.25) is 5.91 Å². The molecule has 2 aromatic heterocycles. The number of para-hydroxylation sites is 1. The van der Waals surface area contributed by atoms with Gasteiger partial charge in [-0.2, -0.15) is 5.10 Å². The number of amides is 1. The summed E-state index contributed by atoms with van der Waals surface area (Å²) in [5, 5.41) is 4.42. The van der Waals surface area contributed by atoms with E-state index in [9.17, 15) is 4.79 Å². The zero-order valence-corrected chi connectivity index (χ0v) is 12.2. The fourth-order valence-corrected chi connectivity index (χ4v) is 2.45. The molecule has 0 aliphatic rings. The molecule has 0 saturated heterocycles. The van der Waals surface area contributed by atoms with E-state index in [-0.39, 0.29) is 0 Å². The fourth-order valence-electron chi connectivity index (χ4n) is 2.45. The second kappa shape index (κ2) is 5.81. The van der Waals surface area contributed by atoms with Crippen LogP contribution in [0.4, 0.5) is 0 Å². The molecular weight excluding hydrogens is 276 g/mol. The van der Waals surface area contributed by atoms with Crippen LogP contribution in [0.2, 0.25) is 0 Å². The van der Waals surface area contributed by atoms with Gasteiger partial charge in [0.1, 0.15) is 0 Å². The number of rotatable bonds is 4. The van der Waals surface area contributed by atoms with Crippen molar-refractivity contribution in [3.63, 3.8) is 0 Å². The Balaban J connectivity index is 2.13. The molecule has 2 heterocycles. The molecule has 0 bridgehead atoms. The minimum Gasteiger partial charge on any atom is -0.366 e. The second-order valence-electron chi connectivity index (χ2n) is 4.94. The van der Waals surface area contributed by atoms with Gasteiger partial charge in [0.15, 0.2) is 0 Å². The number of benzene rings is 1. The lowest BCUT2D eigenvalue weighted by molar-refractivity contribution is 0.1000. The highest BCUT2D eigenvalue weighted by atomic mass is 16.1. The number of pyridine rings is 1. The average molecular weight is 292 g/mol. The molecule has 0 unspecified atom stereocenters. The zero-order chi connectivity index (χ0) is 15.5. The van der Waals surface area contributed by atoms with Gasteiger partial charge in [-0.05, 0) is 30.2 Å². The van der Waals surface area contributed by atoms with Crippen molar-refractivity contribution < 1.29 is 4.79 Å². The number of carbonyl (C=O) groups is 1. The number of aryl methyl sites for hydroxylation is 1. The lowest BCUT2D eigenvalue weighted by Gasteiger charge is -2.11. The summed E-state index contributed by atoms with van der Waals surface area (Å²) in [4.78, 5) is 15.4. The minimum absolute atomic E-state index is 0.383. The average Bonchev–Trinajstić information content (AvgIpc) is 3.04. The molecule has 5 heteroatoms. The molecule has 0 radical (unpaired) electrons. The summed E-state index contributed by atoms with van der Waals surface area (Å²) in [5.41, 5.74) is 9.61. The molecule has 3 rings (SSSR count). The van der Waals surface area contributed by atoms with E-state index in [0.29, 0.717) is 5.56 Å². The Kier molecular flexibility index (Phi) is 3.70. The highest BCUT2D eigenvalue weighted by molar-refractivity contribution is 5.93. The van der Waals surface area contributed by atoms with E-state index in [0.717, 1.165) is 23.4 Å². The van der Waals surface area contributed by atoms with Crippen LogP contribution in [0.15, 0.2) is 55.0 Å². The maximum absolute atomic E-state index is 11.3. The van der Waals surface area contributed by atoms with Gasteiger partial charge in [-0.1, -0.05) is 25.1 Å². The zero-order valence-electron chi connectivity index (χ0n) is 12.2. The maximum atomic E-state index is 11.3. The molecular formula is C17H16N4O. The molecule has 0 spiro atoms. The second-order valence-corrected chi connectivity index (χ2v) is 4.94. The topological polar surface area (TPSA) is 73.8 Å². The van der Waals surface area contributed by atoms with Gasteiger partial charge in [-0.3, -0.25) is 9.78 Å². The first kappa shape index (κ1) is 14.0. The Labute approximate surface area is 128 Å². The van der Waals surface area contributed by atoms with E-state index in [4.69, 9.17) is 5.73 Å². The Hall–Kier alpha value is -2.95. The molecule has 3 aromatic rings. The Morgan fingerprint density at radius 3 is 2.82 bits per heavy atom. The van der Waals surface area contributed by atoms with Crippen LogP contribution in [-0.2, 0) is 6.42 Å². The molecule has 0 fully saturated rings. The summed E-state index contributed by atoms with van der Waals surface area (Å²) in [6.07, 6.45) is 5.81. The Morgan fingerprint density at radius 2 is 2.05 bits per heavy atom. The highest BCUT2D eigenvalue weighted by Crippen LogP contribution is 2.24. The maximum Gasteiger partial charge on any atom is 0.250 e. The third-order valence-electron chi connectivity index (χ3n) is 3.56. The SMILES string of the molecule is CCc1ccccc1-n1nccc1-c1cncc(C(N)=O)c1. The lowest BCUT2D eigenvalue weighted by atomic mass is 10.1. The molecule has 110 valence electrons. The predicted molar refractivity (Wildman–Crippen MR) is 84.7 cm³/mol. The van der Waals surface area contributed by atoms with Crippen molar-refractivity contribution in [1.82, 2.24) is 14.8 Å². The Morgan fingerprint density at radius 1 is 1.23 bits per heavy atom. The van der Waals surface area contributed by atoms with Crippen molar-refractivity contribution in [3.05, 3.63) is 66.1 Å². The van der Waals surface area contributed by atoms with Gasteiger partial charge in [0.05, 0.1) is 23.1 Å². The predicted octanol–water partition coefficient (Wildman–Crippen LogP) is 2.60. The summed E-state index contributed by atoms with van der Waals surface area (Å²) < 4.78 is 1.86. The van der Waals surface area contributed by atoms with E-state index >= 15 is 0 Å². The third-order valence-corrected chi connectivity index (χ3v) is 3.56. The van der Waals surface area contributed by atoms with Gasteiger partial charge in [-0.25, -0.2) is 4.68 Å². The molecule has 0 atom stereocenters. The number of hydrogen-bond donors (Lipinski definition) is 1. The molecule has 1 amide bonds. The van der Waals surface area contributed by atoms with Crippen LogP contribution in [0.25, 0.3) is 16.9 Å². The molecule has 0 aliphatic heterocycles. The van der Waals surface area contributed by atoms with Crippen LogP contribution in [0.3, 0.4) is 0 Å². The van der Waals surface area contributed by atoms with E-state index < -0.39 is 5.91 Å². The third kappa shape index (κ3) is 2.48. The quantitative estimate of drug-likeness (QED) is 0.803. The fraction of sp³-hybridized carbons (Fsp3) is 0.118. The van der Waals surface area contributed by atoms with Crippen LogP contribution in [0, 0.1) is 0 Å². The smallest absolute Gasteiger partial charge is 0.250 e. The van der Waals surface area contributed by atoms with Crippen LogP contribution < -0.4 is 5.73 Å². The first-order chi connectivity index (χ1) is 10.7. The first-order valence-corrected chi connectivity index (χ1v) is 7.08. The van der Waals surface area contributed by atoms with Crippen molar-refractivity contribution in [3.8, 4) is 16.9 Å². The summed E-state index contributed by atoms with van der Waals surface area (Å²) in [7, 11) is 0. The largest absolute Gasteiger partial charge is 0.366 e. The van der Waals surface area contributed by atoms with Gasteiger partial charge in [0.25, 0.3) is 0 Å². The van der Waals surface area contributed by atoms with Gasteiger partial charge in [0, 0.05) is 18.0 Å². The Bertz CT molecular complexity index is 823. The van der Waals surface area contributed by atoms with E-state index in [1.165, 1.54) is 11.8 Å². The molecule has 5 nitrogen and oxygen atoms in total. The number of primary amides is 1. The van der Waals surface area contributed by atoms with E-state index in [1.807, 2.05) is 28.9 Å². The van der Waals surface area contributed by atoms with Crippen molar-refractivity contribution in [1.29, 1.82) is 0 Å². The molecule has 0 saturated carbocycles. The van der Waals surface area contributed by atoms with Gasteiger partial charge in [-0.15, -0.1) is 0 Å². The van der Waals surface area contributed by atoms with Crippen LogP contribution in [0.5, 0.6) is 0 Å². The number of hydrogen-bond acceptors (Lipinski definition) is 3.